The number of hydrogen-bond acceptors (Lipinski definition) is 3. The van der Waals surface area contributed by atoms with Crippen LogP contribution in [0.25, 0.3) is 0 Å². The predicted octanol–water partition coefficient (Wildman–Crippen LogP) is 2.10. The summed E-state index contributed by atoms with van der Waals surface area (Å²) in [7, 11) is 1.98. The molecule has 0 aromatic carbocycles. The normalized spacial score (nSPS) is 17.6. The molecule has 4 heteroatoms. The zero-order chi connectivity index (χ0) is 15.0. The molecular weight excluding hydrogens is 250 g/mol. The van der Waals surface area contributed by atoms with Crippen molar-refractivity contribution in [2.45, 2.75) is 65.0 Å². The van der Waals surface area contributed by atoms with E-state index in [9.17, 15) is 4.79 Å². The molecule has 1 rings (SSSR count). The molecule has 1 fully saturated rings. The number of hydrogen-bond donors (Lipinski definition) is 1. The highest BCUT2D eigenvalue weighted by atomic mass is 16.2. The number of amides is 1. The summed E-state index contributed by atoms with van der Waals surface area (Å²) in [6.45, 7) is 10.9. The average Bonchev–Trinajstić information content (AvgIpc) is 2.43. The highest BCUT2D eigenvalue weighted by Crippen LogP contribution is 2.16. The third-order valence-corrected chi connectivity index (χ3v) is 4.16. The van der Waals surface area contributed by atoms with Gasteiger partial charge in [-0.25, -0.2) is 0 Å². The van der Waals surface area contributed by atoms with E-state index in [-0.39, 0.29) is 0 Å². The Bertz CT molecular complexity index is 273. The minimum atomic E-state index is 0.310. The van der Waals surface area contributed by atoms with Gasteiger partial charge in [0.25, 0.3) is 0 Å². The molecule has 118 valence electrons. The number of rotatable bonds is 8. The van der Waals surface area contributed by atoms with Crippen LogP contribution in [-0.2, 0) is 4.79 Å². The van der Waals surface area contributed by atoms with E-state index in [1.165, 1.54) is 13.0 Å². The van der Waals surface area contributed by atoms with E-state index in [1.54, 1.807) is 0 Å². The lowest BCUT2D eigenvalue weighted by Gasteiger charge is -2.36. The van der Waals surface area contributed by atoms with Crippen molar-refractivity contribution in [3.63, 3.8) is 0 Å². The Kier molecular flexibility index (Phi) is 8.15. The molecule has 0 radical (unpaired) electrons. The van der Waals surface area contributed by atoms with Gasteiger partial charge in [-0.05, 0) is 38.8 Å². The zero-order valence-corrected chi connectivity index (χ0v) is 13.8. The molecule has 1 aliphatic heterocycles. The first-order valence-corrected chi connectivity index (χ1v) is 8.26. The summed E-state index contributed by atoms with van der Waals surface area (Å²) in [5, 5.41) is 3.36. The lowest BCUT2D eigenvalue weighted by molar-refractivity contribution is -0.132. The summed E-state index contributed by atoms with van der Waals surface area (Å²) in [6.07, 6.45) is 5.10. The largest absolute Gasteiger partial charge is 0.343 e. The molecule has 1 heterocycles. The summed E-state index contributed by atoms with van der Waals surface area (Å²) < 4.78 is 0. The third-order valence-electron chi connectivity index (χ3n) is 4.16. The Morgan fingerprint density at radius 1 is 1.35 bits per heavy atom. The van der Waals surface area contributed by atoms with Crippen molar-refractivity contribution in [3.8, 4) is 0 Å². The van der Waals surface area contributed by atoms with E-state index in [2.05, 4.69) is 31.0 Å². The molecule has 0 saturated carbocycles. The van der Waals surface area contributed by atoms with Crippen LogP contribution < -0.4 is 5.32 Å². The van der Waals surface area contributed by atoms with E-state index in [0.29, 0.717) is 24.4 Å². The second-order valence-corrected chi connectivity index (χ2v) is 6.29. The molecule has 0 aromatic rings. The van der Waals surface area contributed by atoms with Gasteiger partial charge in [0, 0.05) is 38.6 Å². The molecule has 0 unspecified atom stereocenters. The standard InChI is InChI=1S/C16H33N3O/c1-5-11-19-12-8-15(9-13-19)18(4)16(20)7-6-10-17-14(2)3/h14-15,17H,5-13H2,1-4H3. The topological polar surface area (TPSA) is 35.6 Å². The van der Waals surface area contributed by atoms with E-state index in [4.69, 9.17) is 0 Å². The van der Waals surface area contributed by atoms with E-state index < -0.39 is 0 Å². The predicted molar refractivity (Wildman–Crippen MR) is 84.9 cm³/mol. The fourth-order valence-corrected chi connectivity index (χ4v) is 2.86. The van der Waals surface area contributed by atoms with Gasteiger partial charge in [-0.3, -0.25) is 4.79 Å². The molecule has 0 aromatic heterocycles. The first-order valence-electron chi connectivity index (χ1n) is 8.26. The number of nitrogens with one attached hydrogen (secondary N) is 1. The maximum Gasteiger partial charge on any atom is 0.222 e. The highest BCUT2D eigenvalue weighted by Gasteiger charge is 2.24. The maximum absolute atomic E-state index is 12.2. The Morgan fingerprint density at radius 3 is 2.55 bits per heavy atom. The van der Waals surface area contributed by atoms with Gasteiger partial charge in [0.1, 0.15) is 0 Å². The molecule has 0 atom stereocenters. The second kappa shape index (κ2) is 9.35. The fraction of sp³-hybridized carbons (Fsp3) is 0.938. The molecule has 1 amide bonds. The smallest absolute Gasteiger partial charge is 0.222 e. The maximum atomic E-state index is 12.2. The Morgan fingerprint density at radius 2 is 2.00 bits per heavy atom. The van der Waals surface area contributed by atoms with Crippen LogP contribution in [0.1, 0.15) is 52.9 Å². The number of carbonyl (C=O) groups is 1. The van der Waals surface area contributed by atoms with Gasteiger partial charge in [-0.1, -0.05) is 20.8 Å². The zero-order valence-electron chi connectivity index (χ0n) is 13.8. The van der Waals surface area contributed by atoms with Crippen LogP contribution >= 0.6 is 0 Å². The Hall–Kier alpha value is -0.610. The van der Waals surface area contributed by atoms with Crippen LogP contribution in [0, 0.1) is 0 Å². The SMILES string of the molecule is CCCN1CCC(N(C)C(=O)CCCNC(C)C)CC1. The molecule has 0 bridgehead atoms. The van der Waals surface area contributed by atoms with Crippen LogP contribution in [0.2, 0.25) is 0 Å². The molecule has 4 nitrogen and oxygen atoms in total. The monoisotopic (exact) mass is 283 g/mol. The van der Waals surface area contributed by atoms with Gasteiger partial charge >= 0.3 is 0 Å². The van der Waals surface area contributed by atoms with Crippen molar-refractivity contribution in [3.05, 3.63) is 0 Å². The summed E-state index contributed by atoms with van der Waals surface area (Å²) in [5.41, 5.74) is 0. The molecule has 20 heavy (non-hydrogen) atoms. The summed E-state index contributed by atoms with van der Waals surface area (Å²) in [4.78, 5) is 16.7. The van der Waals surface area contributed by atoms with Crippen molar-refractivity contribution in [1.82, 2.24) is 15.1 Å². The van der Waals surface area contributed by atoms with Crippen LogP contribution in [-0.4, -0.2) is 61.0 Å². The van der Waals surface area contributed by atoms with Crippen LogP contribution in [0.15, 0.2) is 0 Å². The van der Waals surface area contributed by atoms with Crippen molar-refractivity contribution in [1.29, 1.82) is 0 Å². The van der Waals surface area contributed by atoms with E-state index >= 15 is 0 Å². The fourth-order valence-electron chi connectivity index (χ4n) is 2.86. The number of piperidine rings is 1. The van der Waals surface area contributed by atoms with Gasteiger partial charge in [0.15, 0.2) is 0 Å². The summed E-state index contributed by atoms with van der Waals surface area (Å²) in [6, 6.07) is 0.958. The van der Waals surface area contributed by atoms with Crippen LogP contribution in [0.3, 0.4) is 0 Å². The molecule has 1 saturated heterocycles. The Labute approximate surface area is 124 Å². The quantitative estimate of drug-likeness (QED) is 0.693. The summed E-state index contributed by atoms with van der Waals surface area (Å²) >= 11 is 0. The van der Waals surface area contributed by atoms with Gasteiger partial charge < -0.3 is 15.1 Å². The molecule has 0 aliphatic carbocycles. The Balaban J connectivity index is 2.21. The van der Waals surface area contributed by atoms with E-state index in [1.807, 2.05) is 11.9 Å². The highest BCUT2D eigenvalue weighted by molar-refractivity contribution is 5.76. The lowest BCUT2D eigenvalue weighted by Crippen LogP contribution is -2.45. The third kappa shape index (κ3) is 6.23. The van der Waals surface area contributed by atoms with Gasteiger partial charge in [-0.15, -0.1) is 0 Å². The average molecular weight is 283 g/mol. The van der Waals surface area contributed by atoms with E-state index in [0.717, 1.165) is 38.9 Å². The number of nitrogens with zero attached hydrogens (tertiary/aromatic N) is 2. The minimum absolute atomic E-state index is 0.310. The first kappa shape index (κ1) is 17.4. The number of carbonyl (C=O) groups excluding carboxylic acids is 1. The van der Waals surface area contributed by atoms with Crippen LogP contribution in [0.5, 0.6) is 0 Å². The molecule has 1 aliphatic rings. The van der Waals surface area contributed by atoms with Gasteiger partial charge in [0.2, 0.25) is 5.91 Å². The van der Waals surface area contributed by atoms with Crippen molar-refractivity contribution < 1.29 is 4.79 Å². The lowest BCUT2D eigenvalue weighted by atomic mass is 10.0. The molecular formula is C16H33N3O. The molecule has 1 N–H and O–H groups in total. The minimum Gasteiger partial charge on any atom is -0.343 e. The number of likely N-dealkylation sites (tertiary alicyclic amines) is 1. The van der Waals surface area contributed by atoms with Crippen molar-refractivity contribution in [2.24, 2.45) is 0 Å². The van der Waals surface area contributed by atoms with Crippen LogP contribution in [0.4, 0.5) is 0 Å². The molecule has 0 spiro atoms. The van der Waals surface area contributed by atoms with Gasteiger partial charge in [0.05, 0.1) is 0 Å². The second-order valence-electron chi connectivity index (χ2n) is 6.29. The van der Waals surface area contributed by atoms with Crippen molar-refractivity contribution >= 4 is 5.91 Å². The first-order chi connectivity index (χ1) is 9.54. The van der Waals surface area contributed by atoms with Crippen molar-refractivity contribution in [2.75, 3.05) is 33.2 Å². The summed E-state index contributed by atoms with van der Waals surface area (Å²) in [5.74, 6) is 0.310. The van der Waals surface area contributed by atoms with Gasteiger partial charge in [-0.2, -0.15) is 0 Å².